The molecular formula is C43H59Cl2F4N7O8. The maximum atomic E-state index is 14.7. The summed E-state index contributed by atoms with van der Waals surface area (Å²) in [7, 11) is 4.30. The lowest BCUT2D eigenvalue weighted by Crippen LogP contribution is -2.60. The summed E-state index contributed by atoms with van der Waals surface area (Å²) in [6, 6.07) is -3.12. The van der Waals surface area contributed by atoms with Gasteiger partial charge in [-0.05, 0) is 87.5 Å². The molecule has 0 radical (unpaired) electrons. The van der Waals surface area contributed by atoms with Crippen LogP contribution in [0.5, 0.6) is 0 Å². The van der Waals surface area contributed by atoms with E-state index in [4.69, 9.17) is 23.2 Å². The molecule has 0 bridgehead atoms. The maximum Gasteiger partial charge on any atom is 0.401 e. The van der Waals surface area contributed by atoms with E-state index >= 15 is 0 Å². The van der Waals surface area contributed by atoms with Gasteiger partial charge in [0.1, 0.15) is 35.6 Å². The highest BCUT2D eigenvalue weighted by Crippen LogP contribution is 2.60. The summed E-state index contributed by atoms with van der Waals surface area (Å²) in [6.07, 6.45) is -7.35. The van der Waals surface area contributed by atoms with Crippen LogP contribution < -0.4 is 16.0 Å². The normalized spacial score (nSPS) is 27.6. The second-order valence-corrected chi connectivity index (χ2v) is 18.8. The molecule has 1 aromatic carbocycles. The summed E-state index contributed by atoms with van der Waals surface area (Å²) in [5.41, 5.74) is -2.21. The maximum absolute atomic E-state index is 14.7. The Balaban J connectivity index is 1.44. The van der Waals surface area contributed by atoms with E-state index in [0.717, 1.165) is 4.90 Å². The van der Waals surface area contributed by atoms with Crippen LogP contribution in [0.25, 0.3) is 0 Å². The number of carbonyl (C=O) groups excluding carboxylic acids is 7. The third-order valence-electron chi connectivity index (χ3n) is 13.0. The van der Waals surface area contributed by atoms with Gasteiger partial charge in [0.05, 0.1) is 6.04 Å². The summed E-state index contributed by atoms with van der Waals surface area (Å²) >= 11 is 12.9. The molecule has 0 aromatic heterocycles. The molecule has 1 unspecified atom stereocenters. The van der Waals surface area contributed by atoms with Gasteiger partial charge in [-0.3, -0.25) is 38.9 Å². The monoisotopic (exact) mass is 947 g/mol. The molecule has 4 N–H and O–H groups in total. The van der Waals surface area contributed by atoms with E-state index in [0.29, 0.717) is 34.9 Å². The molecule has 1 aliphatic carbocycles. The lowest BCUT2D eigenvalue weighted by molar-refractivity contribution is -0.193. The molecule has 0 spiro atoms. The summed E-state index contributed by atoms with van der Waals surface area (Å²) in [6.45, 7) is 3.50. The summed E-state index contributed by atoms with van der Waals surface area (Å²) in [5.74, 6) is -7.40. The van der Waals surface area contributed by atoms with Crippen molar-refractivity contribution in [1.82, 2.24) is 35.6 Å². The van der Waals surface area contributed by atoms with E-state index in [1.807, 2.05) is 13.8 Å². The number of likely N-dealkylation sites (N-methyl/N-ethyl adjacent to an activating group) is 3. The minimum atomic E-state index is -4.90. The van der Waals surface area contributed by atoms with Crippen LogP contribution in [0.15, 0.2) is 18.2 Å². The molecule has 4 fully saturated rings. The second-order valence-electron chi connectivity index (χ2n) is 18.0. The van der Waals surface area contributed by atoms with Gasteiger partial charge < -0.3 is 35.3 Å². The molecule has 6 amide bonds. The number of aliphatic hydroxyl groups excluding tert-OH is 1. The van der Waals surface area contributed by atoms with Crippen LogP contribution in [0.4, 0.5) is 17.6 Å². The number of amides is 6. The largest absolute Gasteiger partial charge is 0.401 e. The number of rotatable bonds is 12. The predicted molar refractivity (Wildman–Crippen MR) is 227 cm³/mol. The number of halogens is 6. The molecule has 3 saturated heterocycles. The fourth-order valence-corrected chi connectivity index (χ4v) is 9.53. The smallest absolute Gasteiger partial charge is 0.396 e. The first-order valence-electron chi connectivity index (χ1n) is 21.8. The van der Waals surface area contributed by atoms with Crippen LogP contribution in [-0.4, -0.2) is 155 Å². The van der Waals surface area contributed by atoms with E-state index in [2.05, 4.69) is 16.0 Å². The number of nitrogens with zero attached hydrogens (tertiary/aromatic N) is 4. The van der Waals surface area contributed by atoms with Gasteiger partial charge in [-0.25, -0.2) is 4.39 Å². The van der Waals surface area contributed by atoms with Crippen molar-refractivity contribution in [3.63, 3.8) is 0 Å². The van der Waals surface area contributed by atoms with Crippen LogP contribution in [0.2, 0.25) is 10.0 Å². The molecule has 21 heteroatoms. The molecular weight excluding hydrogens is 889 g/mol. The van der Waals surface area contributed by atoms with Crippen molar-refractivity contribution in [2.24, 2.45) is 17.3 Å². The van der Waals surface area contributed by atoms with Gasteiger partial charge in [-0.15, -0.1) is 0 Å². The Morgan fingerprint density at radius 3 is 2.31 bits per heavy atom. The molecule has 356 valence electrons. The van der Waals surface area contributed by atoms with Gasteiger partial charge >= 0.3 is 6.18 Å². The molecule has 8 atom stereocenters. The molecule has 4 aliphatic rings. The Labute approximate surface area is 380 Å². The number of aliphatic hydroxyl groups is 1. The number of alkyl halides is 4. The van der Waals surface area contributed by atoms with Gasteiger partial charge in [-0.2, -0.15) is 13.2 Å². The number of hydrogen-bond acceptors (Lipinski definition) is 9. The number of fused-ring (bicyclic) bond motifs is 1. The Hall–Kier alpha value is -4.07. The topological polar surface area (TPSA) is 189 Å². The lowest BCUT2D eigenvalue weighted by atomic mass is 9.84. The van der Waals surface area contributed by atoms with E-state index in [1.54, 1.807) is 25.2 Å². The van der Waals surface area contributed by atoms with Crippen molar-refractivity contribution in [1.29, 1.82) is 0 Å². The average molecular weight is 949 g/mol. The highest BCUT2D eigenvalue weighted by Gasteiger charge is 2.70. The average Bonchev–Trinajstić information content (AvgIpc) is 3.77. The quantitative estimate of drug-likeness (QED) is 0.180. The number of benzene rings is 1. The Morgan fingerprint density at radius 1 is 1.00 bits per heavy atom. The minimum absolute atomic E-state index is 0.00205. The number of ketones is 1. The number of hydrogen-bond donors (Lipinski definition) is 4. The van der Waals surface area contributed by atoms with E-state index in [-0.39, 0.29) is 50.6 Å². The highest BCUT2D eigenvalue weighted by atomic mass is 35.5. The van der Waals surface area contributed by atoms with Crippen LogP contribution in [0, 0.1) is 17.3 Å². The van der Waals surface area contributed by atoms with Crippen molar-refractivity contribution in [3.8, 4) is 0 Å². The second kappa shape index (κ2) is 21.0. The fourth-order valence-electron chi connectivity index (χ4n) is 9.14. The molecule has 5 rings (SSSR count). The molecule has 15 nitrogen and oxygen atoms in total. The Kier molecular flexibility index (Phi) is 16.7. The first-order valence-corrected chi connectivity index (χ1v) is 22.5. The first-order chi connectivity index (χ1) is 30.0. The van der Waals surface area contributed by atoms with Crippen LogP contribution in [0.3, 0.4) is 0 Å². The van der Waals surface area contributed by atoms with Crippen molar-refractivity contribution in [2.45, 2.75) is 133 Å². The zero-order valence-corrected chi connectivity index (χ0v) is 38.2. The Bertz CT molecular complexity index is 1940. The highest BCUT2D eigenvalue weighted by molar-refractivity contribution is 6.33. The first kappa shape index (κ1) is 50.9. The van der Waals surface area contributed by atoms with Gasteiger partial charge in [0, 0.05) is 69.6 Å². The predicted octanol–water partition coefficient (Wildman–Crippen LogP) is 3.41. The van der Waals surface area contributed by atoms with Crippen molar-refractivity contribution >= 4 is 64.4 Å². The van der Waals surface area contributed by atoms with Crippen molar-refractivity contribution < 1.29 is 56.2 Å². The fraction of sp³-hybridized carbons (Fsp3) is 0.698. The zero-order valence-electron chi connectivity index (χ0n) is 36.7. The molecule has 3 aliphatic heterocycles. The number of Topliss-reactive ketones (excluding diaryl/α,β-unsaturated/α-hetero) is 1. The van der Waals surface area contributed by atoms with Crippen LogP contribution >= 0.6 is 23.2 Å². The Morgan fingerprint density at radius 2 is 1.69 bits per heavy atom. The van der Waals surface area contributed by atoms with Gasteiger partial charge in [0.25, 0.3) is 0 Å². The van der Waals surface area contributed by atoms with Gasteiger partial charge in [-0.1, -0.05) is 37.0 Å². The van der Waals surface area contributed by atoms with Crippen molar-refractivity contribution in [2.75, 3.05) is 40.8 Å². The molecule has 1 saturated carbocycles. The standard InChI is InChI=1S/C43H59Cl2F4N7O8/c1-23(2)19-29-39(62)55(5)32(21-24-20-25(44)11-12-27(24)45)41(64)56-17-8-10-31(56)40(63)53(3)16-7-6-9-30(36(59)51-29)54(4)38(61)28(13-18-57)50-37(60)34-26(22-33(46)52-34)35(58)42(14-15-42)43(47,48)49/h11-12,20,23,26,28-34,52,57H,6-10,13-19,21-22H2,1-5H3,(H,50,60)(H,51,59)/t26?,28-,29-,30-,31+,32-,33+,34+/m0/s1. The summed E-state index contributed by atoms with van der Waals surface area (Å²) in [4.78, 5) is 104. The molecule has 1 aromatic rings. The summed E-state index contributed by atoms with van der Waals surface area (Å²) in [5, 5.41) is 18.0. The third kappa shape index (κ3) is 11.3. The molecule has 64 heavy (non-hydrogen) atoms. The molecule has 3 heterocycles. The number of nitrogens with one attached hydrogen (secondary N) is 3. The van der Waals surface area contributed by atoms with E-state index < -0.39 is 128 Å². The van der Waals surface area contributed by atoms with Crippen molar-refractivity contribution in [3.05, 3.63) is 33.8 Å². The summed E-state index contributed by atoms with van der Waals surface area (Å²) < 4.78 is 56.3. The zero-order chi connectivity index (χ0) is 47.4. The SMILES string of the molecule is CC(C)C[C@@H]1NC(=O)[C@@H](N(C)C(=O)[C@H](CCO)NC(=O)[C@@H]2N[C@@H](F)CC2C(=O)C2(C(F)(F)F)CC2)CCCCN(C)C(=O)[C@H]2CCCN2C(=O)[C@H](Cc2cc(Cl)ccc2Cl)N(C)C1=O. The van der Waals surface area contributed by atoms with E-state index in [1.165, 1.54) is 28.8 Å². The van der Waals surface area contributed by atoms with Gasteiger partial charge in [0.2, 0.25) is 35.4 Å². The third-order valence-corrected chi connectivity index (χ3v) is 13.6. The number of carbonyl (C=O) groups is 7. The van der Waals surface area contributed by atoms with Crippen LogP contribution in [-0.2, 0) is 40.0 Å². The van der Waals surface area contributed by atoms with Gasteiger partial charge in [0.15, 0.2) is 12.1 Å². The van der Waals surface area contributed by atoms with Crippen LogP contribution in [0.1, 0.15) is 83.6 Å². The minimum Gasteiger partial charge on any atom is -0.396 e. The lowest BCUT2D eigenvalue weighted by Gasteiger charge is -2.37. The van der Waals surface area contributed by atoms with E-state index in [9.17, 15) is 56.2 Å².